The molecule has 0 bridgehead atoms. The standard InChI is InChI=1S/C20H21N5O2/c26-20-24(11-7-18-21-8-12-25(18)20)14-13-23-9-5-15(6-10-23)19-16-3-1-2-4-17(16)27-22-19/h1-4,7-8,11-12,15H,5-6,9-10,13-14H2. The zero-order valence-electron chi connectivity index (χ0n) is 15.0. The largest absolute Gasteiger partial charge is 0.356 e. The SMILES string of the molecule is O=c1n(CCN2CCC(c3noc4ccccc34)CC2)ccc2nccn12. The van der Waals surface area contributed by atoms with E-state index in [9.17, 15) is 4.79 Å². The zero-order chi connectivity index (χ0) is 18.2. The van der Waals surface area contributed by atoms with Crippen LogP contribution in [0.25, 0.3) is 16.6 Å². The van der Waals surface area contributed by atoms with Crippen molar-refractivity contribution in [1.29, 1.82) is 0 Å². The van der Waals surface area contributed by atoms with Crippen molar-refractivity contribution in [2.45, 2.75) is 25.3 Å². The molecular formula is C20H21N5O2. The van der Waals surface area contributed by atoms with Crippen LogP contribution in [0, 0.1) is 0 Å². The third-order valence-corrected chi connectivity index (χ3v) is 5.56. The second-order valence-electron chi connectivity index (χ2n) is 7.13. The van der Waals surface area contributed by atoms with E-state index < -0.39 is 0 Å². The summed E-state index contributed by atoms with van der Waals surface area (Å²) in [7, 11) is 0. The van der Waals surface area contributed by atoms with Crippen LogP contribution in [0.15, 0.2) is 58.2 Å². The van der Waals surface area contributed by atoms with Gasteiger partial charge in [-0.1, -0.05) is 17.3 Å². The quantitative estimate of drug-likeness (QED) is 0.557. The van der Waals surface area contributed by atoms with Gasteiger partial charge >= 0.3 is 5.69 Å². The van der Waals surface area contributed by atoms with Gasteiger partial charge < -0.3 is 9.42 Å². The highest BCUT2D eigenvalue weighted by Crippen LogP contribution is 2.32. The van der Waals surface area contributed by atoms with Crippen molar-refractivity contribution in [1.82, 2.24) is 24.0 Å². The van der Waals surface area contributed by atoms with Gasteiger partial charge in [0.25, 0.3) is 0 Å². The number of rotatable bonds is 4. The molecule has 0 saturated carbocycles. The average Bonchev–Trinajstić information content (AvgIpc) is 3.35. The molecule has 1 aliphatic rings. The molecule has 0 spiro atoms. The molecule has 0 unspecified atom stereocenters. The van der Waals surface area contributed by atoms with Crippen LogP contribution in [0.3, 0.4) is 0 Å². The van der Waals surface area contributed by atoms with Crippen molar-refractivity contribution >= 4 is 16.6 Å². The number of hydrogen-bond acceptors (Lipinski definition) is 5. The maximum atomic E-state index is 12.4. The first-order chi connectivity index (χ1) is 13.3. The van der Waals surface area contributed by atoms with Crippen molar-refractivity contribution in [3.8, 4) is 0 Å². The van der Waals surface area contributed by atoms with Crippen LogP contribution in [-0.2, 0) is 6.54 Å². The lowest BCUT2D eigenvalue weighted by Crippen LogP contribution is -2.37. The van der Waals surface area contributed by atoms with E-state index in [0.717, 1.165) is 49.1 Å². The van der Waals surface area contributed by atoms with Gasteiger partial charge in [-0.05, 0) is 44.1 Å². The van der Waals surface area contributed by atoms with E-state index in [-0.39, 0.29) is 5.69 Å². The molecule has 4 aromatic rings. The minimum Gasteiger partial charge on any atom is -0.356 e. The van der Waals surface area contributed by atoms with Gasteiger partial charge in [-0.2, -0.15) is 0 Å². The molecular weight excluding hydrogens is 342 g/mol. The lowest BCUT2D eigenvalue weighted by Gasteiger charge is -2.31. The molecule has 0 N–H and O–H groups in total. The summed E-state index contributed by atoms with van der Waals surface area (Å²) in [6, 6.07) is 9.95. The van der Waals surface area contributed by atoms with E-state index in [1.807, 2.05) is 30.5 Å². The molecule has 0 radical (unpaired) electrons. The maximum Gasteiger partial charge on any atom is 0.333 e. The fourth-order valence-corrected chi connectivity index (χ4v) is 4.01. The Hall–Kier alpha value is -2.93. The van der Waals surface area contributed by atoms with Gasteiger partial charge in [-0.3, -0.25) is 8.97 Å². The van der Waals surface area contributed by atoms with Gasteiger partial charge in [0.2, 0.25) is 0 Å². The Kier molecular flexibility index (Phi) is 4.01. The Bertz CT molecular complexity index is 1130. The predicted octanol–water partition coefficient (Wildman–Crippen LogP) is 2.52. The Morgan fingerprint density at radius 3 is 2.81 bits per heavy atom. The summed E-state index contributed by atoms with van der Waals surface area (Å²) >= 11 is 0. The van der Waals surface area contributed by atoms with Crippen molar-refractivity contribution in [3.05, 3.63) is 65.1 Å². The maximum absolute atomic E-state index is 12.4. The fraction of sp³-hybridized carbons (Fsp3) is 0.350. The van der Waals surface area contributed by atoms with Gasteiger partial charge in [0, 0.05) is 43.0 Å². The van der Waals surface area contributed by atoms with Crippen molar-refractivity contribution in [3.63, 3.8) is 0 Å². The van der Waals surface area contributed by atoms with Crippen LogP contribution >= 0.6 is 0 Å². The van der Waals surface area contributed by atoms with Crippen LogP contribution < -0.4 is 5.69 Å². The van der Waals surface area contributed by atoms with Gasteiger partial charge in [0.1, 0.15) is 5.65 Å². The summed E-state index contributed by atoms with van der Waals surface area (Å²) in [6.45, 7) is 3.57. The van der Waals surface area contributed by atoms with E-state index in [1.165, 1.54) is 0 Å². The fourth-order valence-electron chi connectivity index (χ4n) is 4.01. The van der Waals surface area contributed by atoms with E-state index in [1.54, 1.807) is 21.4 Å². The van der Waals surface area contributed by atoms with Crippen molar-refractivity contribution < 1.29 is 4.52 Å². The molecule has 5 rings (SSSR count). The van der Waals surface area contributed by atoms with Gasteiger partial charge in [-0.15, -0.1) is 0 Å². The average molecular weight is 363 g/mol. The smallest absolute Gasteiger partial charge is 0.333 e. The van der Waals surface area contributed by atoms with Gasteiger partial charge in [0.15, 0.2) is 5.58 Å². The third kappa shape index (κ3) is 2.94. The van der Waals surface area contributed by atoms with Crippen LogP contribution in [0.4, 0.5) is 0 Å². The van der Waals surface area contributed by atoms with Crippen LogP contribution in [0.5, 0.6) is 0 Å². The summed E-state index contributed by atoms with van der Waals surface area (Å²) in [5, 5.41) is 5.46. The normalized spacial score (nSPS) is 16.4. The highest BCUT2D eigenvalue weighted by Gasteiger charge is 2.24. The van der Waals surface area contributed by atoms with Crippen molar-refractivity contribution in [2.24, 2.45) is 0 Å². The highest BCUT2D eigenvalue weighted by molar-refractivity contribution is 5.79. The number of piperidine rings is 1. The second kappa shape index (κ2) is 6.66. The number of nitrogens with zero attached hydrogens (tertiary/aromatic N) is 5. The number of fused-ring (bicyclic) bond motifs is 2. The van der Waals surface area contributed by atoms with E-state index in [4.69, 9.17) is 4.52 Å². The summed E-state index contributed by atoms with van der Waals surface area (Å²) in [5.41, 5.74) is 2.61. The van der Waals surface area contributed by atoms with Crippen LogP contribution in [-0.4, -0.2) is 43.6 Å². The molecule has 0 atom stereocenters. The van der Waals surface area contributed by atoms with E-state index >= 15 is 0 Å². The lowest BCUT2D eigenvalue weighted by atomic mass is 9.91. The highest BCUT2D eigenvalue weighted by atomic mass is 16.5. The predicted molar refractivity (Wildman–Crippen MR) is 102 cm³/mol. The molecule has 138 valence electrons. The molecule has 27 heavy (non-hydrogen) atoms. The Balaban J connectivity index is 1.23. The molecule has 7 nitrogen and oxygen atoms in total. The first kappa shape index (κ1) is 16.3. The molecule has 4 heterocycles. The zero-order valence-corrected chi connectivity index (χ0v) is 15.0. The lowest BCUT2D eigenvalue weighted by molar-refractivity contribution is 0.201. The van der Waals surface area contributed by atoms with Crippen LogP contribution in [0.2, 0.25) is 0 Å². The second-order valence-corrected chi connectivity index (χ2v) is 7.13. The number of imidazole rings is 1. The molecule has 0 amide bonds. The molecule has 1 fully saturated rings. The molecule has 0 aliphatic carbocycles. The topological polar surface area (TPSA) is 68.6 Å². The molecule has 1 aliphatic heterocycles. The third-order valence-electron chi connectivity index (χ3n) is 5.56. The Morgan fingerprint density at radius 1 is 1.07 bits per heavy atom. The first-order valence-electron chi connectivity index (χ1n) is 9.39. The summed E-state index contributed by atoms with van der Waals surface area (Å²) < 4.78 is 8.81. The summed E-state index contributed by atoms with van der Waals surface area (Å²) in [6.07, 6.45) is 7.32. The number of hydrogen-bond donors (Lipinski definition) is 0. The Labute approximate surface area is 155 Å². The van der Waals surface area contributed by atoms with Gasteiger partial charge in [0.05, 0.1) is 5.69 Å². The number of likely N-dealkylation sites (tertiary alicyclic amines) is 1. The minimum atomic E-state index is -0.0334. The van der Waals surface area contributed by atoms with Crippen molar-refractivity contribution in [2.75, 3.05) is 19.6 Å². The van der Waals surface area contributed by atoms with E-state index in [2.05, 4.69) is 21.1 Å². The molecule has 3 aromatic heterocycles. The summed E-state index contributed by atoms with van der Waals surface area (Å²) in [5.74, 6) is 0.440. The number of para-hydroxylation sites is 1. The monoisotopic (exact) mass is 363 g/mol. The van der Waals surface area contributed by atoms with E-state index in [0.29, 0.717) is 18.1 Å². The molecule has 1 saturated heterocycles. The molecule has 7 heteroatoms. The van der Waals surface area contributed by atoms with Crippen LogP contribution in [0.1, 0.15) is 24.5 Å². The number of benzene rings is 1. The minimum absolute atomic E-state index is 0.0334. The molecule has 1 aromatic carbocycles. The Morgan fingerprint density at radius 2 is 1.93 bits per heavy atom. The first-order valence-corrected chi connectivity index (χ1v) is 9.39. The van der Waals surface area contributed by atoms with Gasteiger partial charge in [-0.25, -0.2) is 9.78 Å². The number of aromatic nitrogens is 4. The summed E-state index contributed by atoms with van der Waals surface area (Å²) in [4.78, 5) is 19.0.